The summed E-state index contributed by atoms with van der Waals surface area (Å²) in [6, 6.07) is 0. The van der Waals surface area contributed by atoms with Crippen LogP contribution < -0.4 is 5.73 Å². The van der Waals surface area contributed by atoms with Gasteiger partial charge in [-0.2, -0.15) is 0 Å². The molecule has 20 heavy (non-hydrogen) atoms. The van der Waals surface area contributed by atoms with E-state index in [2.05, 4.69) is 4.98 Å². The number of hydrogen-bond donors (Lipinski definition) is 1. The predicted octanol–water partition coefficient (Wildman–Crippen LogP) is 1.53. The fourth-order valence-electron chi connectivity index (χ4n) is 3.16. The van der Waals surface area contributed by atoms with Crippen LogP contribution in [-0.4, -0.2) is 34.0 Å². The van der Waals surface area contributed by atoms with Crippen molar-refractivity contribution in [3.63, 3.8) is 0 Å². The van der Waals surface area contributed by atoms with E-state index in [4.69, 9.17) is 5.73 Å². The van der Waals surface area contributed by atoms with Gasteiger partial charge in [-0.05, 0) is 31.7 Å². The molecule has 2 N–H and O–H groups in total. The molecule has 112 valence electrons. The Morgan fingerprint density at radius 1 is 1.55 bits per heavy atom. The molecule has 1 aliphatic carbocycles. The van der Waals surface area contributed by atoms with E-state index in [0.29, 0.717) is 12.5 Å². The summed E-state index contributed by atoms with van der Waals surface area (Å²) in [7, 11) is 3.84. The summed E-state index contributed by atoms with van der Waals surface area (Å²) in [5.74, 6) is 1.99. The van der Waals surface area contributed by atoms with E-state index in [1.165, 1.54) is 6.42 Å². The van der Waals surface area contributed by atoms with Gasteiger partial charge in [0.25, 0.3) is 0 Å². The van der Waals surface area contributed by atoms with E-state index < -0.39 is 0 Å². The number of nitrogens with two attached hydrogens (primary N) is 1. The van der Waals surface area contributed by atoms with Gasteiger partial charge in [-0.1, -0.05) is 12.8 Å². The number of nitrogens with zero attached hydrogens (tertiary/aromatic N) is 3. The molecular weight excluding hydrogens is 252 g/mol. The largest absolute Gasteiger partial charge is 0.338 e. The highest BCUT2D eigenvalue weighted by molar-refractivity contribution is 5.78. The van der Waals surface area contributed by atoms with Crippen LogP contribution in [0.1, 0.15) is 37.9 Å². The number of carbonyl (C=O) groups excluding carboxylic acids is 1. The molecule has 0 aromatic carbocycles. The van der Waals surface area contributed by atoms with Gasteiger partial charge >= 0.3 is 0 Å². The van der Waals surface area contributed by atoms with Gasteiger partial charge in [0.1, 0.15) is 5.82 Å². The average molecular weight is 278 g/mol. The highest BCUT2D eigenvalue weighted by atomic mass is 16.2. The first kappa shape index (κ1) is 15.0. The van der Waals surface area contributed by atoms with Gasteiger partial charge in [-0.15, -0.1) is 0 Å². The lowest BCUT2D eigenvalue weighted by Crippen LogP contribution is -2.36. The topological polar surface area (TPSA) is 64.2 Å². The van der Waals surface area contributed by atoms with Gasteiger partial charge in [-0.25, -0.2) is 4.98 Å². The standard InChI is InChI=1S/C15H26N4O/c1-18-9-8-17-14(18)11-19(2)15(20)13-5-3-4-12(10-13)6-7-16/h8-9,12-13H,3-7,10-11,16H2,1-2H3. The molecule has 1 aromatic heterocycles. The number of aryl methyl sites for hydroxylation is 1. The summed E-state index contributed by atoms with van der Waals surface area (Å²) in [6.07, 6.45) is 9.12. The second-order valence-corrected chi connectivity index (χ2v) is 5.96. The molecule has 0 radical (unpaired) electrons. The van der Waals surface area contributed by atoms with E-state index in [1.54, 1.807) is 6.20 Å². The normalized spacial score (nSPS) is 22.8. The van der Waals surface area contributed by atoms with Gasteiger partial charge in [0, 0.05) is 32.4 Å². The Kier molecular flexibility index (Phi) is 5.17. The van der Waals surface area contributed by atoms with E-state index in [9.17, 15) is 4.79 Å². The highest BCUT2D eigenvalue weighted by Gasteiger charge is 2.29. The third kappa shape index (κ3) is 3.60. The minimum absolute atomic E-state index is 0.172. The zero-order valence-corrected chi connectivity index (χ0v) is 12.6. The molecule has 2 atom stereocenters. The van der Waals surface area contributed by atoms with Crippen molar-refractivity contribution in [2.75, 3.05) is 13.6 Å². The van der Waals surface area contributed by atoms with Gasteiger partial charge in [-0.3, -0.25) is 4.79 Å². The molecule has 2 rings (SSSR count). The average Bonchev–Trinajstić information content (AvgIpc) is 2.84. The van der Waals surface area contributed by atoms with Crippen LogP contribution in [0, 0.1) is 11.8 Å². The fourth-order valence-corrected chi connectivity index (χ4v) is 3.16. The third-order valence-corrected chi connectivity index (χ3v) is 4.38. The minimum atomic E-state index is 0.172. The van der Waals surface area contributed by atoms with Crippen molar-refractivity contribution < 1.29 is 4.79 Å². The van der Waals surface area contributed by atoms with E-state index >= 15 is 0 Å². The molecular formula is C15H26N4O. The maximum atomic E-state index is 12.5. The van der Waals surface area contributed by atoms with Crippen LogP contribution in [0.2, 0.25) is 0 Å². The Morgan fingerprint density at radius 3 is 3.00 bits per heavy atom. The first-order chi connectivity index (χ1) is 9.61. The zero-order chi connectivity index (χ0) is 14.5. The molecule has 0 bridgehead atoms. The summed E-state index contributed by atoms with van der Waals surface area (Å²) in [5.41, 5.74) is 5.64. The first-order valence-corrected chi connectivity index (χ1v) is 7.53. The molecule has 5 heteroatoms. The van der Waals surface area contributed by atoms with Crippen LogP contribution in [0.3, 0.4) is 0 Å². The van der Waals surface area contributed by atoms with Crippen LogP contribution >= 0.6 is 0 Å². The Bertz CT molecular complexity index is 441. The molecule has 0 aliphatic heterocycles. The first-order valence-electron chi connectivity index (χ1n) is 7.53. The minimum Gasteiger partial charge on any atom is -0.338 e. The van der Waals surface area contributed by atoms with Crippen molar-refractivity contribution in [2.45, 2.75) is 38.6 Å². The summed E-state index contributed by atoms with van der Waals surface area (Å²) >= 11 is 0. The van der Waals surface area contributed by atoms with Crippen molar-refractivity contribution in [3.05, 3.63) is 18.2 Å². The van der Waals surface area contributed by atoms with E-state index in [-0.39, 0.29) is 11.8 Å². The molecule has 0 saturated heterocycles. The molecule has 1 amide bonds. The number of imidazole rings is 1. The Hall–Kier alpha value is -1.36. The Balaban J connectivity index is 1.91. The van der Waals surface area contributed by atoms with Crippen LogP contribution in [0.25, 0.3) is 0 Å². The lowest BCUT2D eigenvalue weighted by molar-refractivity contribution is -0.136. The smallest absolute Gasteiger partial charge is 0.225 e. The predicted molar refractivity (Wildman–Crippen MR) is 78.8 cm³/mol. The van der Waals surface area contributed by atoms with Gasteiger partial charge in [0.2, 0.25) is 5.91 Å². The number of rotatable bonds is 5. The second-order valence-electron chi connectivity index (χ2n) is 5.96. The molecule has 1 aliphatic rings. The third-order valence-electron chi connectivity index (χ3n) is 4.38. The molecule has 1 aromatic rings. The Labute approximate surface area is 121 Å². The molecule has 2 unspecified atom stereocenters. The Morgan fingerprint density at radius 2 is 2.35 bits per heavy atom. The molecule has 1 fully saturated rings. The zero-order valence-electron chi connectivity index (χ0n) is 12.6. The summed E-state index contributed by atoms with van der Waals surface area (Å²) in [5, 5.41) is 0. The van der Waals surface area contributed by atoms with Gasteiger partial charge < -0.3 is 15.2 Å². The van der Waals surface area contributed by atoms with E-state index in [1.807, 2.05) is 29.8 Å². The van der Waals surface area contributed by atoms with Crippen molar-refractivity contribution in [1.29, 1.82) is 0 Å². The quantitative estimate of drug-likeness (QED) is 0.888. The van der Waals surface area contributed by atoms with Crippen LogP contribution in [-0.2, 0) is 18.4 Å². The number of aromatic nitrogens is 2. The van der Waals surface area contributed by atoms with Crippen molar-refractivity contribution >= 4 is 5.91 Å². The number of amides is 1. The maximum absolute atomic E-state index is 12.5. The van der Waals surface area contributed by atoms with Gasteiger partial charge in [0.05, 0.1) is 6.54 Å². The number of hydrogen-bond acceptors (Lipinski definition) is 3. The molecule has 1 heterocycles. The van der Waals surface area contributed by atoms with Crippen LogP contribution in [0.5, 0.6) is 0 Å². The number of carbonyl (C=O) groups is 1. The van der Waals surface area contributed by atoms with Gasteiger partial charge in [0.15, 0.2) is 0 Å². The summed E-state index contributed by atoms with van der Waals surface area (Å²) in [6.45, 7) is 1.31. The monoisotopic (exact) mass is 278 g/mol. The van der Waals surface area contributed by atoms with Crippen molar-refractivity contribution in [3.8, 4) is 0 Å². The fraction of sp³-hybridized carbons (Fsp3) is 0.733. The molecule has 1 saturated carbocycles. The van der Waals surface area contributed by atoms with Crippen LogP contribution in [0.15, 0.2) is 12.4 Å². The van der Waals surface area contributed by atoms with Crippen molar-refractivity contribution in [2.24, 2.45) is 24.6 Å². The van der Waals surface area contributed by atoms with E-state index in [0.717, 1.165) is 38.1 Å². The second kappa shape index (κ2) is 6.88. The summed E-state index contributed by atoms with van der Waals surface area (Å²) < 4.78 is 1.96. The SMILES string of the molecule is CN(Cc1nccn1C)C(=O)C1CCCC(CCN)C1. The van der Waals surface area contributed by atoms with Crippen LogP contribution in [0.4, 0.5) is 0 Å². The highest BCUT2D eigenvalue weighted by Crippen LogP contribution is 2.32. The van der Waals surface area contributed by atoms with Crippen molar-refractivity contribution in [1.82, 2.24) is 14.5 Å². The maximum Gasteiger partial charge on any atom is 0.225 e. The molecule has 5 nitrogen and oxygen atoms in total. The molecule has 0 spiro atoms. The lowest BCUT2D eigenvalue weighted by Gasteiger charge is -2.31. The lowest BCUT2D eigenvalue weighted by atomic mass is 9.79. The summed E-state index contributed by atoms with van der Waals surface area (Å²) in [4.78, 5) is 18.6.